The molecule has 1 aliphatic heterocycles. The zero-order chi connectivity index (χ0) is 27.1. The minimum atomic E-state index is -0.385. The van der Waals surface area contributed by atoms with Gasteiger partial charge in [-0.05, 0) is 87.6 Å². The van der Waals surface area contributed by atoms with Crippen LogP contribution in [0.25, 0.3) is 22.2 Å². The molecule has 0 spiro atoms. The van der Waals surface area contributed by atoms with Crippen molar-refractivity contribution in [3.05, 3.63) is 48.0 Å². The second kappa shape index (κ2) is 10.9. The lowest BCUT2D eigenvalue weighted by molar-refractivity contribution is 0.0256. The van der Waals surface area contributed by atoms with Gasteiger partial charge in [0.05, 0.1) is 30.0 Å². The normalized spacial score (nSPS) is 20.3. The molecule has 1 amide bonds. The molecule has 4 aliphatic rings. The van der Waals surface area contributed by atoms with Crippen LogP contribution >= 0.6 is 0 Å². The van der Waals surface area contributed by atoms with Crippen LogP contribution in [0, 0.1) is 23.7 Å². The number of amides is 1. The summed E-state index contributed by atoms with van der Waals surface area (Å²) >= 11 is 0. The fraction of sp³-hybridized carbons (Fsp3) is 0.500. The molecule has 2 aromatic carbocycles. The number of nitrogens with zero attached hydrogens (tertiary/aromatic N) is 1. The highest BCUT2D eigenvalue weighted by Crippen LogP contribution is 2.44. The van der Waals surface area contributed by atoms with Crippen molar-refractivity contribution in [2.24, 2.45) is 11.8 Å². The molecular weight excluding hydrogens is 500 g/mol. The molecule has 3 aromatic rings. The first-order chi connectivity index (χ1) is 19.6. The van der Waals surface area contributed by atoms with Crippen LogP contribution in [-0.2, 0) is 9.47 Å². The second-order valence-corrected chi connectivity index (χ2v) is 12.0. The molecule has 3 aliphatic carbocycles. The third-order valence-corrected chi connectivity index (χ3v) is 8.85. The van der Waals surface area contributed by atoms with E-state index in [1.165, 1.54) is 48.7 Å². The zero-order valence-electron chi connectivity index (χ0n) is 23.3. The molecule has 1 unspecified atom stereocenters. The minimum absolute atomic E-state index is 0.0367. The number of rotatable bonds is 7. The molecule has 6 heteroatoms. The number of ether oxygens (including phenoxy) is 3. The topological polar surface area (TPSA) is 61.7 Å². The monoisotopic (exact) mass is 538 g/mol. The summed E-state index contributed by atoms with van der Waals surface area (Å²) in [6, 6.07) is 15.1. The fourth-order valence-electron chi connectivity index (χ4n) is 5.88. The summed E-state index contributed by atoms with van der Waals surface area (Å²) in [6.45, 7) is 3.50. The molecule has 7 rings (SSSR count). The van der Waals surface area contributed by atoms with Crippen LogP contribution in [0.2, 0.25) is 0 Å². The van der Waals surface area contributed by atoms with Gasteiger partial charge in [-0.1, -0.05) is 24.0 Å². The third kappa shape index (κ3) is 5.45. The summed E-state index contributed by atoms with van der Waals surface area (Å²) in [5, 5.41) is 4.10. The summed E-state index contributed by atoms with van der Waals surface area (Å²) in [4.78, 5) is 12.4. The predicted octanol–water partition coefficient (Wildman–Crippen LogP) is 7.70. The van der Waals surface area contributed by atoms with Crippen molar-refractivity contribution in [2.75, 3.05) is 18.5 Å². The largest absolute Gasteiger partial charge is 0.490 e. The first-order valence-corrected chi connectivity index (χ1v) is 15.1. The molecule has 1 aromatic heterocycles. The van der Waals surface area contributed by atoms with Gasteiger partial charge in [0.2, 0.25) is 0 Å². The van der Waals surface area contributed by atoms with Gasteiger partial charge in [0.1, 0.15) is 18.0 Å². The summed E-state index contributed by atoms with van der Waals surface area (Å²) in [5.41, 5.74) is 5.32. The molecule has 4 fully saturated rings. The van der Waals surface area contributed by atoms with E-state index >= 15 is 0 Å². The Kier molecular flexibility index (Phi) is 6.93. The molecule has 1 atom stereocenters. The van der Waals surface area contributed by atoms with E-state index in [9.17, 15) is 4.79 Å². The van der Waals surface area contributed by atoms with Crippen molar-refractivity contribution in [3.8, 4) is 28.8 Å². The SMILES string of the molecule is CC(OC(=O)Nc1ccc(-c2c(C#CC3CC3)c3ccc(OC4CCOCC4)cc3n2C2CCC2)cc1)C1CC1. The van der Waals surface area contributed by atoms with Crippen LogP contribution in [0.4, 0.5) is 10.5 Å². The number of anilines is 1. The Morgan fingerprint density at radius 1 is 1.00 bits per heavy atom. The first kappa shape index (κ1) is 25.5. The number of aromatic nitrogens is 1. The van der Waals surface area contributed by atoms with Crippen LogP contribution in [0.15, 0.2) is 42.5 Å². The van der Waals surface area contributed by atoms with Crippen molar-refractivity contribution in [3.63, 3.8) is 0 Å². The Hall–Kier alpha value is -3.43. The summed E-state index contributed by atoms with van der Waals surface area (Å²) in [7, 11) is 0. The van der Waals surface area contributed by atoms with Crippen LogP contribution in [0.3, 0.4) is 0 Å². The van der Waals surface area contributed by atoms with Crippen molar-refractivity contribution in [2.45, 2.75) is 83.0 Å². The molecule has 6 nitrogen and oxygen atoms in total. The van der Waals surface area contributed by atoms with Gasteiger partial charge in [-0.2, -0.15) is 0 Å². The molecule has 0 radical (unpaired) electrons. The van der Waals surface area contributed by atoms with E-state index in [0.29, 0.717) is 17.9 Å². The number of carbonyl (C=O) groups is 1. The van der Waals surface area contributed by atoms with Gasteiger partial charge in [0, 0.05) is 41.9 Å². The Labute approximate surface area is 236 Å². The average Bonchev–Trinajstić information content (AvgIpc) is 3.86. The maximum atomic E-state index is 12.4. The smallest absolute Gasteiger partial charge is 0.411 e. The van der Waals surface area contributed by atoms with Crippen LogP contribution in [0.5, 0.6) is 5.75 Å². The highest BCUT2D eigenvalue weighted by molar-refractivity contribution is 5.96. The van der Waals surface area contributed by atoms with E-state index in [4.69, 9.17) is 14.2 Å². The van der Waals surface area contributed by atoms with Gasteiger partial charge < -0.3 is 18.8 Å². The predicted molar refractivity (Wildman–Crippen MR) is 157 cm³/mol. The Balaban J connectivity index is 1.24. The number of benzene rings is 2. The number of hydrogen-bond donors (Lipinski definition) is 1. The van der Waals surface area contributed by atoms with Gasteiger partial charge in [-0.3, -0.25) is 5.32 Å². The molecule has 1 N–H and O–H groups in total. The summed E-state index contributed by atoms with van der Waals surface area (Å²) < 4.78 is 20.0. The molecular formula is C34H38N2O4. The van der Waals surface area contributed by atoms with Gasteiger partial charge in [0.15, 0.2) is 0 Å². The third-order valence-electron chi connectivity index (χ3n) is 8.85. The highest BCUT2D eigenvalue weighted by Gasteiger charge is 2.31. The lowest BCUT2D eigenvalue weighted by atomic mass is 9.92. The second-order valence-electron chi connectivity index (χ2n) is 12.0. The number of nitrogens with one attached hydrogen (secondary N) is 1. The first-order valence-electron chi connectivity index (χ1n) is 15.1. The van der Waals surface area contributed by atoms with E-state index in [1.54, 1.807) is 0 Å². The van der Waals surface area contributed by atoms with Gasteiger partial charge in [-0.25, -0.2) is 4.79 Å². The fourth-order valence-corrected chi connectivity index (χ4v) is 5.88. The summed E-state index contributed by atoms with van der Waals surface area (Å²) in [6.07, 6.45) is 9.90. The lowest BCUT2D eigenvalue weighted by Crippen LogP contribution is -2.25. The van der Waals surface area contributed by atoms with Crippen LogP contribution in [0.1, 0.15) is 76.3 Å². The number of carbonyl (C=O) groups excluding carboxylic acids is 1. The van der Waals surface area contributed by atoms with E-state index in [1.807, 2.05) is 19.1 Å². The Bertz CT molecular complexity index is 1450. The van der Waals surface area contributed by atoms with E-state index < -0.39 is 0 Å². The van der Waals surface area contributed by atoms with Crippen LogP contribution in [-0.4, -0.2) is 36.1 Å². The maximum absolute atomic E-state index is 12.4. The lowest BCUT2D eigenvalue weighted by Gasteiger charge is -2.30. The minimum Gasteiger partial charge on any atom is -0.490 e. The van der Waals surface area contributed by atoms with Crippen LogP contribution < -0.4 is 10.1 Å². The molecule has 2 heterocycles. The average molecular weight is 539 g/mol. The summed E-state index contributed by atoms with van der Waals surface area (Å²) in [5.74, 6) is 9.09. The molecule has 0 bridgehead atoms. The Morgan fingerprint density at radius 2 is 1.77 bits per heavy atom. The van der Waals surface area contributed by atoms with E-state index in [2.05, 4.69) is 52.1 Å². The van der Waals surface area contributed by atoms with Gasteiger partial charge in [-0.15, -0.1) is 0 Å². The van der Waals surface area contributed by atoms with E-state index in [-0.39, 0.29) is 18.3 Å². The molecule has 40 heavy (non-hydrogen) atoms. The molecule has 208 valence electrons. The molecule has 1 saturated heterocycles. The number of fused-ring (bicyclic) bond motifs is 1. The standard InChI is InChI=1S/C34H38N2O4/c1-22(24-8-9-24)39-34(37)35-26-12-10-25(11-13-26)33-31(15-7-23-5-6-23)30-16-14-29(40-28-17-19-38-20-18-28)21-32(30)36(33)27-3-2-4-27/h10-14,16,21-24,27-28H,2-6,8-9,17-20H2,1H3,(H,35,37). The molecule has 3 saturated carbocycles. The van der Waals surface area contributed by atoms with Crippen molar-refractivity contribution >= 4 is 22.7 Å². The number of hydrogen-bond acceptors (Lipinski definition) is 4. The van der Waals surface area contributed by atoms with E-state index in [0.717, 1.165) is 61.5 Å². The van der Waals surface area contributed by atoms with Crippen molar-refractivity contribution in [1.29, 1.82) is 0 Å². The van der Waals surface area contributed by atoms with Gasteiger partial charge in [0.25, 0.3) is 0 Å². The maximum Gasteiger partial charge on any atom is 0.411 e. The van der Waals surface area contributed by atoms with Gasteiger partial charge >= 0.3 is 6.09 Å². The Morgan fingerprint density at radius 3 is 2.45 bits per heavy atom. The van der Waals surface area contributed by atoms with Crippen molar-refractivity contribution < 1.29 is 19.0 Å². The highest BCUT2D eigenvalue weighted by atomic mass is 16.6. The zero-order valence-corrected chi connectivity index (χ0v) is 23.3. The van der Waals surface area contributed by atoms with Crippen molar-refractivity contribution in [1.82, 2.24) is 4.57 Å². The quantitative estimate of drug-likeness (QED) is 0.313.